The summed E-state index contributed by atoms with van der Waals surface area (Å²) in [7, 11) is 0. The van der Waals surface area contributed by atoms with Gasteiger partial charge in [0.2, 0.25) is 0 Å². The SMILES string of the molecule is CC(C)(C)C#CC([O])=O. The van der Waals surface area contributed by atoms with Crippen LogP contribution in [0.1, 0.15) is 20.8 Å². The molecule has 1 radical (unpaired) electrons. The third-order valence-corrected chi connectivity index (χ3v) is 0.540. The van der Waals surface area contributed by atoms with Crippen molar-refractivity contribution in [1.29, 1.82) is 0 Å². The summed E-state index contributed by atoms with van der Waals surface area (Å²) in [6.45, 7) is 5.51. The fraction of sp³-hybridized carbons (Fsp3) is 0.571. The fourth-order valence-corrected chi connectivity index (χ4v) is 0.239. The predicted molar refractivity (Wildman–Crippen MR) is 32.9 cm³/mol. The standard InChI is InChI=1S/C7H9O2/c1-7(2,3)5-4-6(8)9/h1-3H3. The van der Waals surface area contributed by atoms with Gasteiger partial charge >= 0.3 is 5.97 Å². The Morgan fingerprint density at radius 2 is 1.78 bits per heavy atom. The van der Waals surface area contributed by atoms with Gasteiger partial charge in [-0.1, -0.05) is 5.92 Å². The van der Waals surface area contributed by atoms with Gasteiger partial charge in [0, 0.05) is 11.3 Å². The molecule has 0 aromatic rings. The molecule has 0 saturated carbocycles. The van der Waals surface area contributed by atoms with E-state index in [1.54, 1.807) is 0 Å². The molecule has 0 N–H and O–H groups in total. The maximum Gasteiger partial charge on any atom is 0.429 e. The fourth-order valence-electron chi connectivity index (χ4n) is 0.239. The third kappa shape index (κ3) is 7.03. The molecule has 0 atom stereocenters. The molecule has 0 rings (SSSR count). The summed E-state index contributed by atoms with van der Waals surface area (Å²) in [6, 6.07) is 0. The highest BCUT2D eigenvalue weighted by Crippen LogP contribution is 2.09. The Morgan fingerprint density at radius 3 is 1.89 bits per heavy atom. The average Bonchev–Trinajstić information content (AvgIpc) is 1.59. The first-order valence-electron chi connectivity index (χ1n) is 2.66. The zero-order valence-corrected chi connectivity index (χ0v) is 5.82. The summed E-state index contributed by atoms with van der Waals surface area (Å²) in [5, 5.41) is 9.76. The number of carbonyl (C=O) groups excluding carboxylic acids is 1. The number of hydrogen-bond donors (Lipinski definition) is 0. The summed E-state index contributed by atoms with van der Waals surface area (Å²) in [4.78, 5) is 9.76. The Kier molecular flexibility index (Phi) is 2.27. The molecule has 0 heterocycles. The van der Waals surface area contributed by atoms with Crippen LogP contribution in [0.3, 0.4) is 0 Å². The lowest BCUT2D eigenvalue weighted by atomic mass is 9.98. The molecule has 9 heavy (non-hydrogen) atoms. The molecule has 0 aromatic carbocycles. The summed E-state index contributed by atoms with van der Waals surface area (Å²) in [6.07, 6.45) is 0. The Bertz CT molecular complexity index is 164. The normalized spacial score (nSPS) is 9.67. The first-order valence-corrected chi connectivity index (χ1v) is 2.66. The molecule has 2 heteroatoms. The minimum atomic E-state index is -1.31. The lowest BCUT2D eigenvalue weighted by Gasteiger charge is -2.05. The van der Waals surface area contributed by atoms with Crippen LogP contribution in [0.2, 0.25) is 0 Å². The van der Waals surface area contributed by atoms with E-state index in [4.69, 9.17) is 0 Å². The molecule has 0 aliphatic carbocycles. The van der Waals surface area contributed by atoms with Gasteiger partial charge in [0.15, 0.2) is 0 Å². The van der Waals surface area contributed by atoms with E-state index in [9.17, 15) is 9.90 Å². The second-order valence-electron chi connectivity index (χ2n) is 2.79. The molecule has 0 aliphatic rings. The van der Waals surface area contributed by atoms with Crippen molar-refractivity contribution in [2.75, 3.05) is 0 Å². The van der Waals surface area contributed by atoms with Gasteiger partial charge in [0.1, 0.15) is 0 Å². The van der Waals surface area contributed by atoms with E-state index < -0.39 is 5.97 Å². The van der Waals surface area contributed by atoms with Crippen LogP contribution in [-0.2, 0) is 9.90 Å². The van der Waals surface area contributed by atoms with Crippen LogP contribution in [0.15, 0.2) is 0 Å². The van der Waals surface area contributed by atoms with Gasteiger partial charge in [-0.2, -0.15) is 0 Å². The van der Waals surface area contributed by atoms with E-state index in [-0.39, 0.29) is 5.41 Å². The number of carbonyl (C=O) groups is 1. The summed E-state index contributed by atoms with van der Waals surface area (Å²) in [5.41, 5.74) is -0.250. The van der Waals surface area contributed by atoms with Crippen LogP contribution >= 0.6 is 0 Å². The maximum atomic E-state index is 9.76. The van der Waals surface area contributed by atoms with Crippen molar-refractivity contribution < 1.29 is 9.90 Å². The Labute approximate surface area is 54.9 Å². The van der Waals surface area contributed by atoms with Crippen LogP contribution in [-0.4, -0.2) is 5.97 Å². The lowest BCUT2D eigenvalue weighted by molar-refractivity contribution is -0.136. The molecule has 0 saturated heterocycles. The zero-order valence-electron chi connectivity index (χ0n) is 5.82. The highest BCUT2D eigenvalue weighted by atomic mass is 16.4. The molecule has 0 bridgehead atoms. The molecule has 0 spiro atoms. The van der Waals surface area contributed by atoms with Crippen molar-refractivity contribution >= 4 is 5.97 Å². The zero-order chi connectivity index (χ0) is 7.49. The Balaban J connectivity index is 4.04. The van der Waals surface area contributed by atoms with Crippen LogP contribution in [0.25, 0.3) is 0 Å². The van der Waals surface area contributed by atoms with E-state index in [1.807, 2.05) is 26.7 Å². The summed E-state index contributed by atoms with van der Waals surface area (Å²) >= 11 is 0. The molecule has 2 nitrogen and oxygen atoms in total. The van der Waals surface area contributed by atoms with Gasteiger partial charge in [0.05, 0.1) is 0 Å². The quantitative estimate of drug-likeness (QED) is 0.445. The van der Waals surface area contributed by atoms with Crippen LogP contribution < -0.4 is 0 Å². The van der Waals surface area contributed by atoms with Gasteiger partial charge in [0.25, 0.3) is 0 Å². The average molecular weight is 125 g/mol. The molecular weight excluding hydrogens is 116 g/mol. The van der Waals surface area contributed by atoms with Crippen molar-refractivity contribution in [2.45, 2.75) is 20.8 Å². The Morgan fingerprint density at radius 1 is 1.33 bits per heavy atom. The second kappa shape index (κ2) is 2.54. The Hall–Kier alpha value is -0.970. The van der Waals surface area contributed by atoms with Crippen molar-refractivity contribution in [2.24, 2.45) is 5.41 Å². The van der Waals surface area contributed by atoms with E-state index in [2.05, 4.69) is 5.92 Å². The maximum absolute atomic E-state index is 9.76. The largest absolute Gasteiger partial charge is 0.429 e. The minimum Gasteiger partial charge on any atom is -0.231 e. The van der Waals surface area contributed by atoms with Gasteiger partial charge < -0.3 is 0 Å². The van der Waals surface area contributed by atoms with Crippen molar-refractivity contribution in [3.8, 4) is 11.8 Å². The van der Waals surface area contributed by atoms with E-state index in [1.165, 1.54) is 0 Å². The third-order valence-electron chi connectivity index (χ3n) is 0.540. The van der Waals surface area contributed by atoms with Crippen molar-refractivity contribution in [3.63, 3.8) is 0 Å². The molecule has 0 amide bonds. The van der Waals surface area contributed by atoms with E-state index >= 15 is 0 Å². The number of rotatable bonds is 0. The molecule has 0 aliphatic heterocycles. The number of hydrogen-bond acceptors (Lipinski definition) is 1. The smallest absolute Gasteiger partial charge is 0.231 e. The van der Waals surface area contributed by atoms with Crippen LogP contribution in [0, 0.1) is 17.3 Å². The van der Waals surface area contributed by atoms with Crippen LogP contribution in [0.4, 0.5) is 0 Å². The first-order chi connectivity index (χ1) is 3.92. The minimum absolute atomic E-state index is 0.250. The molecular formula is C7H9O2. The first kappa shape index (κ1) is 8.03. The molecule has 0 unspecified atom stereocenters. The highest BCUT2D eigenvalue weighted by Gasteiger charge is 2.04. The molecule has 0 fully saturated rings. The molecule has 49 valence electrons. The van der Waals surface area contributed by atoms with E-state index in [0.717, 1.165) is 0 Å². The van der Waals surface area contributed by atoms with E-state index in [0.29, 0.717) is 0 Å². The van der Waals surface area contributed by atoms with Gasteiger partial charge in [-0.05, 0) is 20.8 Å². The van der Waals surface area contributed by atoms with Crippen molar-refractivity contribution in [3.05, 3.63) is 0 Å². The summed E-state index contributed by atoms with van der Waals surface area (Å²) in [5.74, 6) is 3.14. The van der Waals surface area contributed by atoms with Gasteiger partial charge in [-0.25, -0.2) is 9.90 Å². The highest BCUT2D eigenvalue weighted by molar-refractivity contribution is 5.86. The molecule has 0 aromatic heterocycles. The van der Waals surface area contributed by atoms with Crippen molar-refractivity contribution in [1.82, 2.24) is 0 Å². The van der Waals surface area contributed by atoms with Gasteiger partial charge in [-0.3, -0.25) is 0 Å². The predicted octanol–water partition coefficient (Wildman–Crippen LogP) is 0.993. The topological polar surface area (TPSA) is 37.0 Å². The van der Waals surface area contributed by atoms with Crippen LogP contribution in [0.5, 0.6) is 0 Å². The van der Waals surface area contributed by atoms with Gasteiger partial charge in [-0.15, -0.1) is 0 Å². The second-order valence-corrected chi connectivity index (χ2v) is 2.79. The monoisotopic (exact) mass is 125 g/mol. The lowest BCUT2D eigenvalue weighted by Crippen LogP contribution is -2.00. The summed E-state index contributed by atoms with van der Waals surface area (Å²) < 4.78 is 0.